The molecule has 67 heavy (non-hydrogen) atoms. The summed E-state index contributed by atoms with van der Waals surface area (Å²) in [4.78, 5) is 3.94. The molecule has 2 aliphatic rings. The second kappa shape index (κ2) is 14.8. The van der Waals surface area contributed by atoms with Gasteiger partial charge < -0.3 is 18.6 Å². The fourth-order valence-corrected chi connectivity index (χ4v) is 9.99. The van der Waals surface area contributed by atoms with Crippen LogP contribution in [-0.4, -0.2) is 0 Å². The number of furan rings is 2. The van der Waals surface area contributed by atoms with Gasteiger partial charge in [-0.05, 0) is 126 Å². The van der Waals surface area contributed by atoms with Crippen LogP contribution in [0.5, 0.6) is 0 Å². The smallest absolute Gasteiger partial charge is 0.416 e. The number of rotatable bonds is 6. The first-order valence-electron chi connectivity index (χ1n) is 21.8. The predicted octanol–water partition coefficient (Wildman–Crippen LogP) is 17.6. The summed E-state index contributed by atoms with van der Waals surface area (Å²) in [7, 11) is 0. The van der Waals surface area contributed by atoms with Crippen LogP contribution in [0.25, 0.3) is 68.2 Å². The van der Waals surface area contributed by atoms with Crippen LogP contribution in [0, 0.1) is 13.8 Å². The minimum absolute atomic E-state index is 0.473. The molecule has 0 saturated carbocycles. The molecule has 0 saturated heterocycles. The Balaban J connectivity index is 1.05. The number of benzene rings is 8. The lowest BCUT2D eigenvalue weighted by molar-refractivity contribution is -0.138. The van der Waals surface area contributed by atoms with E-state index in [0.717, 1.165) is 113 Å². The Morgan fingerprint density at radius 3 is 1.15 bits per heavy atom. The van der Waals surface area contributed by atoms with Crippen molar-refractivity contribution in [1.82, 2.24) is 0 Å². The zero-order chi connectivity index (χ0) is 45.9. The van der Waals surface area contributed by atoms with Gasteiger partial charge in [0.1, 0.15) is 11.2 Å². The first kappa shape index (κ1) is 40.5. The molecule has 2 aromatic heterocycles. The number of fused-ring (bicyclic) bond motifs is 6. The molecule has 12 rings (SSSR count). The van der Waals surface area contributed by atoms with Gasteiger partial charge in [-0.25, -0.2) is 0 Å². The Hall–Kier alpha value is -7.98. The summed E-state index contributed by atoms with van der Waals surface area (Å²) < 4.78 is 97.2. The molecule has 0 spiro atoms. The van der Waals surface area contributed by atoms with Crippen LogP contribution in [0.3, 0.4) is 0 Å². The number of aryl methyl sites for hydroxylation is 2. The van der Waals surface area contributed by atoms with Gasteiger partial charge in [-0.1, -0.05) is 97.1 Å². The van der Waals surface area contributed by atoms with Crippen molar-refractivity contribution in [2.45, 2.75) is 32.6 Å². The summed E-state index contributed by atoms with van der Waals surface area (Å²) in [5.74, 6) is 0. The largest absolute Gasteiger partial charge is 0.454 e. The van der Waals surface area contributed by atoms with E-state index in [-0.39, 0.29) is 0 Å². The first-order valence-corrected chi connectivity index (χ1v) is 21.8. The monoisotopic (exact) mass is 894 g/mol. The Morgan fingerprint density at radius 1 is 0.388 bits per heavy atom. The highest BCUT2D eigenvalue weighted by Gasteiger charge is 2.33. The van der Waals surface area contributed by atoms with Crippen LogP contribution in [0.15, 0.2) is 154 Å². The Morgan fingerprint density at radius 2 is 0.761 bits per heavy atom. The number of para-hydroxylation sites is 4. The molecule has 2 heterocycles. The molecule has 8 aromatic carbocycles. The van der Waals surface area contributed by atoms with E-state index in [1.807, 2.05) is 121 Å². The third-order valence-electron chi connectivity index (χ3n) is 13.2. The van der Waals surface area contributed by atoms with Gasteiger partial charge in [0, 0.05) is 44.0 Å². The maximum absolute atomic E-state index is 14.0. The fourth-order valence-electron chi connectivity index (χ4n) is 9.99. The molecule has 0 N–H and O–H groups in total. The van der Waals surface area contributed by atoms with Crippen molar-refractivity contribution in [2.75, 3.05) is 9.80 Å². The minimum Gasteiger partial charge on any atom is -0.454 e. The molecule has 328 valence electrons. The number of alkyl halides is 6. The van der Waals surface area contributed by atoms with Crippen molar-refractivity contribution in [3.8, 4) is 0 Å². The average molecular weight is 895 g/mol. The molecule has 0 unspecified atom stereocenters. The van der Waals surface area contributed by atoms with Crippen LogP contribution in [0.1, 0.15) is 55.6 Å². The molecule has 10 heteroatoms. The standard InChI is InChI=1S/C57H36F6N2O2/c1-32-7-3-9-42-44-11-5-13-50(54(44)66-52(32)42)64(38-23-19-36(20-24-38)56(58,59)60)48-29-17-34-16-28-41-47-31-46(34)40(48)27-15-35(47)18-30-49(41)65(39-25-21-37(22-26-39)57(61,62)63)51-14-6-12-45-43-10-4-8-33(2)53(43)67-55(45)51/h3-30H,31H2,1-2H3. The Labute approximate surface area is 379 Å². The van der Waals surface area contributed by atoms with Crippen LogP contribution in [-0.2, 0) is 18.8 Å². The highest BCUT2D eigenvalue weighted by molar-refractivity contribution is 6.13. The summed E-state index contributed by atoms with van der Waals surface area (Å²) in [6.07, 6.45) is -0.331. The van der Waals surface area contributed by atoms with Gasteiger partial charge in [-0.3, -0.25) is 0 Å². The van der Waals surface area contributed by atoms with Crippen molar-refractivity contribution in [3.63, 3.8) is 0 Å². The summed E-state index contributed by atoms with van der Waals surface area (Å²) in [5.41, 5.74) is 12.5. The van der Waals surface area contributed by atoms with Crippen LogP contribution in [0.4, 0.5) is 60.5 Å². The quantitative estimate of drug-likeness (QED) is 0.156. The highest BCUT2D eigenvalue weighted by atomic mass is 19.4. The second-order valence-corrected chi connectivity index (χ2v) is 17.2. The molecule has 2 bridgehead atoms. The van der Waals surface area contributed by atoms with Crippen molar-refractivity contribution >= 4 is 102 Å². The number of nitrogens with zero attached hydrogens (tertiary/aromatic N) is 2. The number of anilines is 6. The summed E-state index contributed by atoms with van der Waals surface area (Å²) in [6.45, 7) is 3.97. The molecule has 0 aliphatic heterocycles. The maximum atomic E-state index is 14.0. The zero-order valence-electron chi connectivity index (χ0n) is 35.9. The van der Waals surface area contributed by atoms with E-state index < -0.39 is 23.5 Å². The van der Waals surface area contributed by atoms with Crippen molar-refractivity contribution in [3.05, 3.63) is 201 Å². The van der Waals surface area contributed by atoms with Crippen LogP contribution >= 0.6 is 0 Å². The van der Waals surface area contributed by atoms with E-state index in [0.29, 0.717) is 40.3 Å². The average Bonchev–Trinajstić information content (AvgIpc) is 3.75. The molecular formula is C57H36F6N2O2. The van der Waals surface area contributed by atoms with E-state index in [1.165, 1.54) is 24.3 Å². The lowest BCUT2D eigenvalue weighted by Gasteiger charge is -2.29. The molecule has 4 nitrogen and oxygen atoms in total. The van der Waals surface area contributed by atoms with E-state index in [9.17, 15) is 26.3 Å². The SMILES string of the molecule is Cc1cccc2c1oc1c(N(c3ccc(C(F)(F)F)cc3)c3ccc4c5c3C=Cc3ccc(N(c6ccc(C(F)(F)F)cc6)c6cccc7c6oc6c(C)cccc67)c(c3C5)C=C4)cccc12. The summed E-state index contributed by atoms with van der Waals surface area (Å²) in [5, 5.41) is 3.63. The van der Waals surface area contributed by atoms with E-state index in [4.69, 9.17) is 8.83 Å². The first-order chi connectivity index (χ1) is 32.3. The van der Waals surface area contributed by atoms with E-state index in [2.05, 4.69) is 24.3 Å². The Kier molecular flexibility index (Phi) is 8.93. The normalized spacial score (nSPS) is 13.2. The molecule has 0 radical (unpaired) electrons. The van der Waals surface area contributed by atoms with Crippen LogP contribution in [0.2, 0.25) is 0 Å². The van der Waals surface area contributed by atoms with E-state index >= 15 is 0 Å². The fraction of sp³-hybridized carbons (Fsp3) is 0.0877. The van der Waals surface area contributed by atoms with Gasteiger partial charge in [-0.2, -0.15) is 26.3 Å². The lowest BCUT2D eigenvalue weighted by Crippen LogP contribution is -2.14. The maximum Gasteiger partial charge on any atom is 0.416 e. The number of hydrogen-bond acceptors (Lipinski definition) is 4. The summed E-state index contributed by atoms with van der Waals surface area (Å²) >= 11 is 0. The topological polar surface area (TPSA) is 32.8 Å². The summed E-state index contributed by atoms with van der Waals surface area (Å²) in [6, 6.07) is 42.1. The predicted molar refractivity (Wildman–Crippen MR) is 257 cm³/mol. The van der Waals surface area contributed by atoms with Crippen molar-refractivity contribution in [1.29, 1.82) is 0 Å². The minimum atomic E-state index is -4.52. The van der Waals surface area contributed by atoms with Crippen LogP contribution < -0.4 is 9.80 Å². The molecule has 2 aliphatic carbocycles. The molecule has 0 fully saturated rings. The zero-order valence-corrected chi connectivity index (χ0v) is 35.9. The Bertz CT molecular complexity index is 3480. The van der Waals surface area contributed by atoms with Gasteiger partial charge >= 0.3 is 12.4 Å². The van der Waals surface area contributed by atoms with Gasteiger partial charge in [0.25, 0.3) is 0 Å². The number of hydrogen-bond donors (Lipinski definition) is 0. The third-order valence-corrected chi connectivity index (χ3v) is 13.2. The molecular weight excluding hydrogens is 859 g/mol. The van der Waals surface area contributed by atoms with Gasteiger partial charge in [-0.15, -0.1) is 0 Å². The third kappa shape index (κ3) is 6.45. The van der Waals surface area contributed by atoms with Gasteiger partial charge in [0.2, 0.25) is 0 Å². The highest BCUT2D eigenvalue weighted by Crippen LogP contribution is 2.50. The van der Waals surface area contributed by atoms with Gasteiger partial charge in [0.15, 0.2) is 11.2 Å². The molecule has 10 aromatic rings. The van der Waals surface area contributed by atoms with Crippen molar-refractivity contribution in [2.24, 2.45) is 0 Å². The molecule has 0 amide bonds. The van der Waals surface area contributed by atoms with Crippen molar-refractivity contribution < 1.29 is 35.2 Å². The van der Waals surface area contributed by atoms with Gasteiger partial charge in [0.05, 0.1) is 33.9 Å². The lowest BCUT2D eigenvalue weighted by atomic mass is 9.92. The van der Waals surface area contributed by atoms with E-state index in [1.54, 1.807) is 0 Å². The second-order valence-electron chi connectivity index (χ2n) is 17.2. The number of halogens is 6. The molecule has 0 atom stereocenters.